The van der Waals surface area contributed by atoms with Gasteiger partial charge in [-0.1, -0.05) is 30.3 Å². The first kappa shape index (κ1) is 15.0. The van der Waals surface area contributed by atoms with Gasteiger partial charge in [0.15, 0.2) is 12.4 Å². The number of Topliss-reactive ketones (excluding diaryl/α,β-unsaturated/α-hetero) is 1. The number of carbonyl (C=O) groups is 1. The molecule has 0 spiro atoms. The molecule has 2 aromatic carbocycles. The van der Waals surface area contributed by atoms with Crippen LogP contribution in [0.15, 0.2) is 48.5 Å². The van der Waals surface area contributed by atoms with Crippen molar-refractivity contribution < 1.29 is 27.1 Å². The summed E-state index contributed by atoms with van der Waals surface area (Å²) in [4.78, 5) is 11.7. The van der Waals surface area contributed by atoms with Crippen molar-refractivity contribution >= 4 is 5.78 Å². The smallest absolute Gasteiger partial charge is 0.419 e. The summed E-state index contributed by atoms with van der Waals surface area (Å²) >= 11 is 0. The number of hydrogen-bond acceptors (Lipinski definition) is 2. The number of ether oxygens (including phenoxy) is 1. The second-order valence-electron chi connectivity index (χ2n) is 4.22. The lowest BCUT2D eigenvalue weighted by atomic mass is 10.1. The molecule has 0 heterocycles. The van der Waals surface area contributed by atoms with E-state index in [2.05, 4.69) is 0 Å². The van der Waals surface area contributed by atoms with Gasteiger partial charge in [0, 0.05) is 5.56 Å². The molecule has 0 aliphatic rings. The summed E-state index contributed by atoms with van der Waals surface area (Å²) in [5.41, 5.74) is -1.04. The molecule has 0 radical (unpaired) electrons. The van der Waals surface area contributed by atoms with Gasteiger partial charge in [0.2, 0.25) is 0 Å². The Morgan fingerprint density at radius 1 is 1.05 bits per heavy atom. The van der Waals surface area contributed by atoms with E-state index in [1.54, 1.807) is 30.3 Å². The van der Waals surface area contributed by atoms with E-state index in [1.807, 2.05) is 0 Å². The van der Waals surface area contributed by atoms with E-state index in [4.69, 9.17) is 4.74 Å². The van der Waals surface area contributed by atoms with E-state index in [1.165, 1.54) is 0 Å². The lowest BCUT2D eigenvalue weighted by Crippen LogP contribution is -2.13. The second-order valence-corrected chi connectivity index (χ2v) is 4.22. The van der Waals surface area contributed by atoms with Crippen LogP contribution >= 0.6 is 0 Å². The first-order chi connectivity index (χ1) is 9.88. The van der Waals surface area contributed by atoms with Crippen molar-refractivity contribution in [2.45, 2.75) is 6.18 Å². The van der Waals surface area contributed by atoms with Crippen LogP contribution in [0.3, 0.4) is 0 Å². The van der Waals surface area contributed by atoms with Crippen molar-refractivity contribution in [1.82, 2.24) is 0 Å². The third kappa shape index (κ3) is 3.81. The summed E-state index contributed by atoms with van der Waals surface area (Å²) in [6.45, 7) is -0.424. The molecule has 0 saturated heterocycles. The van der Waals surface area contributed by atoms with Crippen LogP contribution in [0, 0.1) is 5.82 Å². The van der Waals surface area contributed by atoms with Crippen LogP contribution in [-0.4, -0.2) is 12.4 Å². The predicted molar refractivity (Wildman–Crippen MR) is 67.7 cm³/mol. The van der Waals surface area contributed by atoms with Crippen LogP contribution in [0.1, 0.15) is 15.9 Å². The Labute approximate surface area is 118 Å². The van der Waals surface area contributed by atoms with Crippen LogP contribution < -0.4 is 4.74 Å². The Morgan fingerprint density at radius 3 is 2.33 bits per heavy atom. The molecule has 0 amide bonds. The number of ketones is 1. The normalized spacial score (nSPS) is 11.2. The van der Waals surface area contributed by atoms with E-state index >= 15 is 0 Å². The minimum atomic E-state index is -4.81. The van der Waals surface area contributed by atoms with Crippen molar-refractivity contribution in [3.63, 3.8) is 0 Å². The molecule has 0 saturated carbocycles. The Bertz CT molecular complexity index is 636. The fraction of sp³-hybridized carbons (Fsp3) is 0.133. The van der Waals surface area contributed by atoms with Gasteiger partial charge in [0.25, 0.3) is 0 Å². The molecule has 0 fully saturated rings. The molecule has 2 aromatic rings. The Kier molecular flexibility index (Phi) is 4.26. The minimum absolute atomic E-state index is 0.215. The van der Waals surface area contributed by atoms with Crippen LogP contribution in [0.2, 0.25) is 0 Å². The number of hydrogen-bond donors (Lipinski definition) is 0. The molecule has 0 aromatic heterocycles. The Morgan fingerprint density at radius 2 is 1.71 bits per heavy atom. The van der Waals surface area contributed by atoms with Gasteiger partial charge in [-0.15, -0.1) is 0 Å². The molecule has 0 bridgehead atoms. The lowest BCUT2D eigenvalue weighted by Gasteiger charge is -2.11. The number of rotatable bonds is 4. The molecular formula is C15H10F4O2. The largest absolute Gasteiger partial charge is 0.485 e. The zero-order valence-corrected chi connectivity index (χ0v) is 10.7. The van der Waals surface area contributed by atoms with Crippen molar-refractivity contribution in [3.8, 4) is 5.75 Å². The molecule has 21 heavy (non-hydrogen) atoms. The van der Waals surface area contributed by atoms with E-state index in [9.17, 15) is 22.4 Å². The highest BCUT2D eigenvalue weighted by Crippen LogP contribution is 2.33. The zero-order chi connectivity index (χ0) is 15.5. The average Bonchev–Trinajstić information content (AvgIpc) is 2.45. The summed E-state index contributed by atoms with van der Waals surface area (Å²) in [6.07, 6.45) is -4.81. The lowest BCUT2D eigenvalue weighted by molar-refractivity contribution is -0.140. The Balaban J connectivity index is 2.09. The maximum Gasteiger partial charge on any atom is 0.419 e. The summed E-state index contributed by atoms with van der Waals surface area (Å²) in [6, 6.07) is 10.4. The van der Waals surface area contributed by atoms with Crippen LogP contribution in [0.5, 0.6) is 5.75 Å². The number of benzene rings is 2. The van der Waals surface area contributed by atoms with Crippen molar-refractivity contribution in [3.05, 3.63) is 65.5 Å². The molecule has 0 aliphatic heterocycles. The SMILES string of the molecule is O=C(COc1ccc(F)c(C(F)(F)F)c1)c1ccccc1. The van der Waals surface area contributed by atoms with E-state index < -0.39 is 24.2 Å². The standard InChI is InChI=1S/C15H10F4O2/c16-13-7-6-11(8-12(13)15(17,18)19)21-9-14(20)10-4-2-1-3-5-10/h1-8H,9H2. The minimum Gasteiger partial charge on any atom is -0.485 e. The maximum absolute atomic E-state index is 13.1. The number of halogens is 4. The highest BCUT2D eigenvalue weighted by molar-refractivity contribution is 5.97. The van der Waals surface area contributed by atoms with Crippen molar-refractivity contribution in [1.29, 1.82) is 0 Å². The van der Waals surface area contributed by atoms with E-state index in [-0.39, 0.29) is 11.5 Å². The topological polar surface area (TPSA) is 26.3 Å². The third-order valence-corrected chi connectivity index (χ3v) is 2.71. The van der Waals surface area contributed by atoms with Gasteiger partial charge in [-0.3, -0.25) is 4.79 Å². The van der Waals surface area contributed by atoms with Crippen LogP contribution in [0.25, 0.3) is 0 Å². The van der Waals surface area contributed by atoms with Gasteiger partial charge < -0.3 is 4.74 Å². The predicted octanol–water partition coefficient (Wildman–Crippen LogP) is 4.11. The van der Waals surface area contributed by atoms with Crippen molar-refractivity contribution in [2.75, 3.05) is 6.61 Å². The molecule has 110 valence electrons. The second kappa shape index (κ2) is 5.95. The molecule has 0 unspecified atom stereocenters. The van der Waals surface area contributed by atoms with Gasteiger partial charge in [-0.05, 0) is 18.2 Å². The monoisotopic (exact) mass is 298 g/mol. The number of alkyl halides is 3. The quantitative estimate of drug-likeness (QED) is 0.627. The van der Waals surface area contributed by atoms with Gasteiger partial charge in [-0.2, -0.15) is 13.2 Å². The molecule has 2 nitrogen and oxygen atoms in total. The van der Waals surface area contributed by atoms with Crippen LogP contribution in [-0.2, 0) is 6.18 Å². The van der Waals surface area contributed by atoms with Gasteiger partial charge in [0.05, 0.1) is 5.56 Å². The highest BCUT2D eigenvalue weighted by atomic mass is 19.4. The third-order valence-electron chi connectivity index (χ3n) is 2.71. The van der Waals surface area contributed by atoms with Crippen molar-refractivity contribution in [2.24, 2.45) is 0 Å². The number of carbonyl (C=O) groups excluding carboxylic acids is 1. The van der Waals surface area contributed by atoms with E-state index in [0.29, 0.717) is 17.7 Å². The zero-order valence-electron chi connectivity index (χ0n) is 10.7. The maximum atomic E-state index is 13.1. The molecular weight excluding hydrogens is 288 g/mol. The fourth-order valence-corrected chi connectivity index (χ4v) is 1.67. The summed E-state index contributed by atoms with van der Waals surface area (Å²) in [7, 11) is 0. The molecule has 0 N–H and O–H groups in total. The van der Waals surface area contributed by atoms with Gasteiger partial charge >= 0.3 is 6.18 Å². The molecule has 6 heteroatoms. The summed E-state index contributed by atoms with van der Waals surface area (Å²) in [5, 5.41) is 0. The first-order valence-electron chi connectivity index (χ1n) is 5.96. The van der Waals surface area contributed by atoms with E-state index in [0.717, 1.165) is 6.07 Å². The van der Waals surface area contributed by atoms with Gasteiger partial charge in [-0.25, -0.2) is 4.39 Å². The average molecular weight is 298 g/mol. The van der Waals surface area contributed by atoms with Crippen LogP contribution in [0.4, 0.5) is 17.6 Å². The fourth-order valence-electron chi connectivity index (χ4n) is 1.67. The molecule has 0 aliphatic carbocycles. The summed E-state index contributed by atoms with van der Waals surface area (Å²) in [5.74, 6) is -1.98. The first-order valence-corrected chi connectivity index (χ1v) is 5.96. The summed E-state index contributed by atoms with van der Waals surface area (Å²) < 4.78 is 55.7. The highest BCUT2D eigenvalue weighted by Gasteiger charge is 2.34. The Hall–Kier alpha value is -2.37. The molecule has 2 rings (SSSR count). The molecule has 0 atom stereocenters. The van der Waals surface area contributed by atoms with Gasteiger partial charge in [0.1, 0.15) is 11.6 Å².